The normalized spacial score (nSPS) is 11.4. The summed E-state index contributed by atoms with van der Waals surface area (Å²) in [6.45, 7) is 2.35. The Morgan fingerprint density at radius 3 is 1.00 bits per heavy atom. The quantitative estimate of drug-likeness (QED) is 0.162. The van der Waals surface area contributed by atoms with Crippen LogP contribution >= 0.6 is 15.8 Å². The molecule has 0 unspecified atom stereocenters. The molecule has 4 rings (SSSR count). The maximum atomic E-state index is 2.35. The largest absolute Gasteiger partial charge is 0.0901 e. The van der Waals surface area contributed by atoms with E-state index in [4.69, 9.17) is 0 Å². The van der Waals surface area contributed by atoms with E-state index in [9.17, 15) is 0 Å². The Balaban J connectivity index is 1.69. The van der Waals surface area contributed by atoms with E-state index in [0.29, 0.717) is 0 Å². The van der Waals surface area contributed by atoms with Crippen molar-refractivity contribution in [2.24, 2.45) is 0 Å². The minimum Gasteiger partial charge on any atom is -0.0901 e. The molecule has 0 spiro atoms. The maximum Gasteiger partial charge on any atom is 0.000607 e. The monoisotopic (exact) mass is 496 g/mol. The molecule has 0 aliphatic rings. The second-order valence-corrected chi connectivity index (χ2v) is 14.6. The van der Waals surface area contributed by atoms with Gasteiger partial charge in [-0.05, 0) is 53.3 Å². The predicted molar refractivity (Wildman–Crippen MR) is 158 cm³/mol. The van der Waals surface area contributed by atoms with Gasteiger partial charge in [0.05, 0.1) is 0 Å². The lowest BCUT2D eigenvalue weighted by molar-refractivity contribution is 0.752. The molecule has 0 saturated carbocycles. The van der Waals surface area contributed by atoms with Crippen LogP contribution in [0.4, 0.5) is 0 Å². The first-order valence-electron chi connectivity index (χ1n) is 13.0. The molecule has 0 N–H and O–H groups in total. The number of rotatable bonds is 13. The van der Waals surface area contributed by atoms with Crippen molar-refractivity contribution >= 4 is 15.8 Å². The van der Waals surface area contributed by atoms with Crippen molar-refractivity contribution in [1.29, 1.82) is 0 Å². The summed E-state index contributed by atoms with van der Waals surface area (Å²) in [5.41, 5.74) is 6.02. The average Bonchev–Trinajstić information content (AvgIpc) is 2.91. The van der Waals surface area contributed by atoms with Crippen LogP contribution in [0.1, 0.15) is 48.4 Å². The molecule has 0 atom stereocenters. The van der Waals surface area contributed by atoms with Gasteiger partial charge in [-0.2, -0.15) is 0 Å². The molecule has 0 nitrogen and oxygen atoms in total. The van der Waals surface area contributed by atoms with Crippen molar-refractivity contribution in [3.63, 3.8) is 0 Å². The third kappa shape index (κ3) is 8.42. The van der Waals surface area contributed by atoms with Gasteiger partial charge in [0.1, 0.15) is 0 Å². The van der Waals surface area contributed by atoms with Gasteiger partial charge in [0, 0.05) is 5.40 Å². The predicted octanol–water partition coefficient (Wildman–Crippen LogP) is 10.3. The van der Waals surface area contributed by atoms with Gasteiger partial charge in [-0.25, -0.2) is 0 Å². The summed E-state index contributed by atoms with van der Waals surface area (Å²) >= 11 is 0. The Kier molecular flexibility index (Phi) is 10.6. The molecule has 0 amide bonds. The highest BCUT2D eigenvalue weighted by Crippen LogP contribution is 2.65. The van der Waals surface area contributed by atoms with Crippen LogP contribution in [-0.2, 0) is 24.6 Å². The second kappa shape index (κ2) is 14.3. The van der Waals surface area contributed by atoms with Gasteiger partial charge in [-0.15, -0.1) is 0 Å². The van der Waals surface area contributed by atoms with Crippen molar-refractivity contribution in [1.82, 2.24) is 0 Å². The van der Waals surface area contributed by atoms with E-state index in [1.165, 1.54) is 66.2 Å². The van der Waals surface area contributed by atoms with Crippen LogP contribution in [0.5, 0.6) is 0 Å². The SMILES string of the molecule is CCCCC(P(Cc1ccccc1)Cc1ccccc1)P(Cc1ccccc1)Cc1ccccc1. The fourth-order valence-electron chi connectivity index (χ4n) is 4.79. The molecule has 0 aliphatic carbocycles. The first-order chi connectivity index (χ1) is 17.3. The minimum atomic E-state index is -0.191. The van der Waals surface area contributed by atoms with E-state index in [-0.39, 0.29) is 15.8 Å². The zero-order valence-corrected chi connectivity index (χ0v) is 22.8. The van der Waals surface area contributed by atoms with Crippen molar-refractivity contribution in [3.8, 4) is 0 Å². The smallest absolute Gasteiger partial charge is 0.000607 e. The summed E-state index contributed by atoms with van der Waals surface area (Å²) in [5, 5.41) is 0.792. The van der Waals surface area contributed by atoms with E-state index in [1.807, 2.05) is 0 Å². The Morgan fingerprint density at radius 1 is 0.457 bits per heavy atom. The molecule has 180 valence electrons. The summed E-state index contributed by atoms with van der Waals surface area (Å²) < 4.78 is 0. The summed E-state index contributed by atoms with van der Waals surface area (Å²) in [4.78, 5) is 0. The van der Waals surface area contributed by atoms with Crippen molar-refractivity contribution < 1.29 is 0 Å². The fraction of sp³-hybridized carbons (Fsp3) is 0.273. The number of hydrogen-bond donors (Lipinski definition) is 0. The van der Waals surface area contributed by atoms with Crippen LogP contribution in [-0.4, -0.2) is 5.40 Å². The lowest BCUT2D eigenvalue weighted by Crippen LogP contribution is -2.10. The molecule has 0 heterocycles. The molecule has 0 bridgehead atoms. The van der Waals surface area contributed by atoms with Crippen LogP contribution in [0, 0.1) is 0 Å². The van der Waals surface area contributed by atoms with Crippen LogP contribution in [0.15, 0.2) is 121 Å². The van der Waals surface area contributed by atoms with E-state index in [1.54, 1.807) is 0 Å². The highest BCUT2D eigenvalue weighted by molar-refractivity contribution is 7.74. The molecule has 0 saturated heterocycles. The van der Waals surface area contributed by atoms with Crippen LogP contribution in [0.25, 0.3) is 0 Å². The van der Waals surface area contributed by atoms with Crippen molar-refractivity contribution in [2.45, 2.75) is 56.2 Å². The van der Waals surface area contributed by atoms with E-state index in [0.717, 1.165) is 5.40 Å². The molecular weight excluding hydrogens is 458 g/mol. The highest BCUT2D eigenvalue weighted by Gasteiger charge is 2.29. The Hall–Kier alpha value is -2.26. The Labute approximate surface area is 215 Å². The zero-order chi connectivity index (χ0) is 24.1. The molecule has 0 aromatic heterocycles. The van der Waals surface area contributed by atoms with Gasteiger partial charge in [0.15, 0.2) is 0 Å². The molecule has 2 heteroatoms. The summed E-state index contributed by atoms with van der Waals surface area (Å²) in [6.07, 6.45) is 8.85. The summed E-state index contributed by atoms with van der Waals surface area (Å²) in [5.74, 6) is 0. The topological polar surface area (TPSA) is 0 Å². The molecule has 4 aromatic carbocycles. The Bertz CT molecular complexity index is 911. The van der Waals surface area contributed by atoms with Crippen LogP contribution in [0.3, 0.4) is 0 Å². The molecule has 0 aliphatic heterocycles. The van der Waals surface area contributed by atoms with Crippen LogP contribution in [0.2, 0.25) is 0 Å². The molecule has 4 aromatic rings. The van der Waals surface area contributed by atoms with Gasteiger partial charge in [0.25, 0.3) is 0 Å². The average molecular weight is 497 g/mol. The van der Waals surface area contributed by atoms with Gasteiger partial charge >= 0.3 is 0 Å². The van der Waals surface area contributed by atoms with Gasteiger partial charge in [-0.3, -0.25) is 0 Å². The van der Waals surface area contributed by atoms with E-state index < -0.39 is 0 Å². The third-order valence-electron chi connectivity index (χ3n) is 6.57. The van der Waals surface area contributed by atoms with Crippen molar-refractivity contribution in [2.75, 3.05) is 0 Å². The first kappa shape index (κ1) is 25.8. The molecule has 0 fully saturated rings. The van der Waals surface area contributed by atoms with E-state index >= 15 is 0 Å². The van der Waals surface area contributed by atoms with Gasteiger partial charge in [0.2, 0.25) is 0 Å². The minimum absolute atomic E-state index is 0.191. The number of hydrogen-bond acceptors (Lipinski definition) is 0. The lowest BCUT2D eigenvalue weighted by Gasteiger charge is -2.36. The van der Waals surface area contributed by atoms with E-state index in [2.05, 4.69) is 128 Å². The van der Waals surface area contributed by atoms with Crippen LogP contribution < -0.4 is 0 Å². The first-order valence-corrected chi connectivity index (χ1v) is 16.5. The summed E-state index contributed by atoms with van der Waals surface area (Å²) in [7, 11) is -0.382. The second-order valence-electron chi connectivity index (χ2n) is 9.38. The zero-order valence-electron chi connectivity index (χ0n) is 21.0. The number of benzene rings is 4. The van der Waals surface area contributed by atoms with Gasteiger partial charge in [-0.1, -0.05) is 157 Å². The summed E-state index contributed by atoms with van der Waals surface area (Å²) in [6, 6.07) is 45.0. The number of unbranched alkanes of at least 4 members (excludes halogenated alkanes) is 1. The van der Waals surface area contributed by atoms with Crippen molar-refractivity contribution in [3.05, 3.63) is 144 Å². The maximum absolute atomic E-state index is 2.35. The molecular formula is C33H38P2. The highest BCUT2D eigenvalue weighted by atomic mass is 31.2. The molecule has 0 radical (unpaired) electrons. The standard InChI is InChI=1S/C33H38P2/c1-2-3-24-33(34(25-29-16-8-4-9-17-29)26-30-18-10-5-11-19-30)35(27-31-20-12-6-13-21-31)28-32-22-14-7-15-23-32/h4-23,33H,2-3,24-28H2,1H3. The fourth-order valence-corrected chi connectivity index (χ4v) is 12.5. The van der Waals surface area contributed by atoms with Gasteiger partial charge < -0.3 is 0 Å². The molecule has 35 heavy (non-hydrogen) atoms. The third-order valence-corrected chi connectivity index (χ3v) is 13.8. The lowest BCUT2D eigenvalue weighted by atomic mass is 10.2. The Morgan fingerprint density at radius 2 is 0.743 bits per heavy atom.